The molecular weight excluding hydrogens is 280 g/mol. The van der Waals surface area contributed by atoms with E-state index >= 15 is 0 Å². The van der Waals surface area contributed by atoms with Crippen molar-refractivity contribution in [2.45, 2.75) is 13.5 Å². The predicted octanol–water partition coefficient (Wildman–Crippen LogP) is 3.49. The highest BCUT2D eigenvalue weighted by atomic mass is 32.1. The number of hydrogen-bond acceptors (Lipinski definition) is 2. The lowest BCUT2D eigenvalue weighted by atomic mass is 10.1. The number of ether oxygens (including phenoxy) is 1. The van der Waals surface area contributed by atoms with Gasteiger partial charge >= 0.3 is 0 Å². The largest absolute Gasteiger partial charge is 0.489 e. The van der Waals surface area contributed by atoms with E-state index < -0.39 is 11.6 Å². The van der Waals surface area contributed by atoms with Gasteiger partial charge < -0.3 is 10.5 Å². The van der Waals surface area contributed by atoms with E-state index in [1.807, 2.05) is 19.1 Å². The highest BCUT2D eigenvalue weighted by Gasteiger charge is 2.06. The van der Waals surface area contributed by atoms with Crippen LogP contribution in [0.5, 0.6) is 5.75 Å². The summed E-state index contributed by atoms with van der Waals surface area (Å²) in [5.74, 6) is -1.54. The Labute approximate surface area is 121 Å². The summed E-state index contributed by atoms with van der Waals surface area (Å²) in [4.78, 5) is 0.334. The maximum atomic E-state index is 13.0. The first-order valence-corrected chi connectivity index (χ1v) is 6.35. The molecule has 0 aliphatic carbocycles. The minimum atomic E-state index is -0.928. The van der Waals surface area contributed by atoms with Gasteiger partial charge in [0, 0.05) is 11.6 Å². The van der Waals surface area contributed by atoms with Gasteiger partial charge in [-0.2, -0.15) is 0 Å². The molecule has 2 aromatic carbocycles. The lowest BCUT2D eigenvalue weighted by molar-refractivity contribution is 0.302. The number of nitrogens with two attached hydrogens (primary N) is 1. The fraction of sp³-hybridized carbons (Fsp3) is 0.133. The van der Waals surface area contributed by atoms with E-state index in [4.69, 9.17) is 22.7 Å². The molecule has 0 aliphatic heterocycles. The first-order valence-electron chi connectivity index (χ1n) is 5.94. The number of rotatable bonds is 4. The zero-order chi connectivity index (χ0) is 14.7. The van der Waals surface area contributed by atoms with Crippen molar-refractivity contribution in [2.24, 2.45) is 5.73 Å². The first kappa shape index (κ1) is 14.4. The monoisotopic (exact) mass is 293 g/mol. The Bertz CT molecular complexity index is 658. The molecule has 0 aromatic heterocycles. The second-order valence-corrected chi connectivity index (χ2v) is 4.81. The molecule has 2 aromatic rings. The quantitative estimate of drug-likeness (QED) is 0.877. The van der Waals surface area contributed by atoms with E-state index in [0.717, 1.165) is 28.8 Å². The summed E-state index contributed by atoms with van der Waals surface area (Å²) in [6.07, 6.45) is 0. The van der Waals surface area contributed by atoms with E-state index in [1.165, 1.54) is 6.07 Å². The van der Waals surface area contributed by atoms with Crippen LogP contribution in [0.2, 0.25) is 0 Å². The molecule has 2 rings (SSSR count). The van der Waals surface area contributed by atoms with Gasteiger partial charge in [-0.15, -0.1) is 0 Å². The van der Waals surface area contributed by atoms with Crippen LogP contribution in [0.3, 0.4) is 0 Å². The standard InChI is InChI=1S/C15H13F2NOS/c1-9-6-10(15(18)20)2-3-11(9)8-19-12-4-5-13(16)14(17)7-12/h2-7H,8H2,1H3,(H2,18,20). The van der Waals surface area contributed by atoms with Crippen molar-refractivity contribution in [3.8, 4) is 5.75 Å². The van der Waals surface area contributed by atoms with Crippen molar-refractivity contribution in [3.05, 3.63) is 64.7 Å². The number of aryl methyl sites for hydroxylation is 1. The lowest BCUT2D eigenvalue weighted by Gasteiger charge is -2.10. The Balaban J connectivity index is 2.10. The van der Waals surface area contributed by atoms with Crippen molar-refractivity contribution in [2.75, 3.05) is 0 Å². The van der Waals surface area contributed by atoms with Crippen LogP contribution in [-0.4, -0.2) is 4.99 Å². The summed E-state index contributed by atoms with van der Waals surface area (Å²) >= 11 is 4.90. The van der Waals surface area contributed by atoms with Gasteiger partial charge in [-0.3, -0.25) is 0 Å². The van der Waals surface area contributed by atoms with Gasteiger partial charge in [-0.25, -0.2) is 8.78 Å². The van der Waals surface area contributed by atoms with Crippen molar-refractivity contribution in [3.63, 3.8) is 0 Å². The Morgan fingerprint density at radius 3 is 2.50 bits per heavy atom. The van der Waals surface area contributed by atoms with Gasteiger partial charge in [-0.05, 0) is 36.2 Å². The zero-order valence-corrected chi connectivity index (χ0v) is 11.6. The van der Waals surface area contributed by atoms with Crippen molar-refractivity contribution >= 4 is 17.2 Å². The Morgan fingerprint density at radius 2 is 1.90 bits per heavy atom. The van der Waals surface area contributed by atoms with E-state index in [-0.39, 0.29) is 12.4 Å². The molecule has 0 aliphatic rings. The Hall–Kier alpha value is -2.01. The SMILES string of the molecule is Cc1cc(C(N)=S)ccc1COc1ccc(F)c(F)c1. The van der Waals surface area contributed by atoms with Crippen LogP contribution < -0.4 is 10.5 Å². The predicted molar refractivity (Wildman–Crippen MR) is 77.8 cm³/mol. The molecule has 2 N–H and O–H groups in total. The highest BCUT2D eigenvalue weighted by molar-refractivity contribution is 7.80. The van der Waals surface area contributed by atoms with Crippen LogP contribution >= 0.6 is 12.2 Å². The highest BCUT2D eigenvalue weighted by Crippen LogP contribution is 2.18. The van der Waals surface area contributed by atoms with Gasteiger partial charge in [0.25, 0.3) is 0 Å². The molecule has 0 amide bonds. The van der Waals surface area contributed by atoms with Gasteiger partial charge in [-0.1, -0.05) is 24.4 Å². The Morgan fingerprint density at radius 1 is 1.15 bits per heavy atom. The summed E-state index contributed by atoms with van der Waals surface area (Å²) in [5.41, 5.74) is 8.23. The fourth-order valence-corrected chi connectivity index (χ4v) is 1.87. The van der Waals surface area contributed by atoms with Crippen molar-refractivity contribution < 1.29 is 13.5 Å². The normalized spacial score (nSPS) is 10.3. The third-order valence-electron chi connectivity index (χ3n) is 2.91. The van der Waals surface area contributed by atoms with Crippen LogP contribution in [0, 0.1) is 18.6 Å². The minimum Gasteiger partial charge on any atom is -0.489 e. The number of benzene rings is 2. The smallest absolute Gasteiger partial charge is 0.162 e. The fourth-order valence-electron chi connectivity index (χ4n) is 1.74. The maximum absolute atomic E-state index is 13.0. The summed E-state index contributed by atoms with van der Waals surface area (Å²) in [6.45, 7) is 2.17. The van der Waals surface area contributed by atoms with E-state index in [1.54, 1.807) is 6.07 Å². The Kier molecular flexibility index (Phi) is 4.29. The van der Waals surface area contributed by atoms with Gasteiger partial charge in [0.2, 0.25) is 0 Å². The first-order chi connectivity index (χ1) is 9.47. The summed E-state index contributed by atoms with van der Waals surface area (Å²) in [6, 6.07) is 8.97. The van der Waals surface area contributed by atoms with Crippen LogP contribution in [0.15, 0.2) is 36.4 Å². The summed E-state index contributed by atoms with van der Waals surface area (Å²) in [7, 11) is 0. The minimum absolute atomic E-state index is 0.258. The number of halogens is 2. The van der Waals surface area contributed by atoms with Gasteiger partial charge in [0.05, 0.1) is 0 Å². The summed E-state index contributed by atoms with van der Waals surface area (Å²) in [5, 5.41) is 0. The average molecular weight is 293 g/mol. The molecule has 0 spiro atoms. The van der Waals surface area contributed by atoms with Crippen molar-refractivity contribution in [1.29, 1.82) is 0 Å². The molecule has 0 saturated heterocycles. The number of hydrogen-bond donors (Lipinski definition) is 1. The average Bonchev–Trinajstić information content (AvgIpc) is 2.41. The van der Waals surface area contributed by atoms with Crippen LogP contribution in [0.1, 0.15) is 16.7 Å². The topological polar surface area (TPSA) is 35.2 Å². The van der Waals surface area contributed by atoms with Crippen LogP contribution in [-0.2, 0) is 6.61 Å². The van der Waals surface area contributed by atoms with Crippen LogP contribution in [0.4, 0.5) is 8.78 Å². The molecule has 20 heavy (non-hydrogen) atoms. The summed E-state index contributed by atoms with van der Waals surface area (Å²) < 4.78 is 31.3. The van der Waals surface area contributed by atoms with Gasteiger partial charge in [0.15, 0.2) is 11.6 Å². The molecule has 0 heterocycles. The molecule has 0 radical (unpaired) electrons. The van der Waals surface area contributed by atoms with Gasteiger partial charge in [0.1, 0.15) is 17.3 Å². The maximum Gasteiger partial charge on any atom is 0.162 e. The molecule has 0 atom stereocenters. The molecular formula is C15H13F2NOS. The molecule has 0 fully saturated rings. The second kappa shape index (κ2) is 5.96. The third kappa shape index (κ3) is 3.30. The zero-order valence-electron chi connectivity index (χ0n) is 10.8. The van der Waals surface area contributed by atoms with Crippen molar-refractivity contribution in [1.82, 2.24) is 0 Å². The molecule has 2 nitrogen and oxygen atoms in total. The van der Waals surface area contributed by atoms with Crippen LogP contribution in [0.25, 0.3) is 0 Å². The van der Waals surface area contributed by atoms with E-state index in [0.29, 0.717) is 4.99 Å². The lowest BCUT2D eigenvalue weighted by Crippen LogP contribution is -2.10. The molecule has 0 unspecified atom stereocenters. The molecule has 5 heteroatoms. The molecule has 0 saturated carbocycles. The van der Waals surface area contributed by atoms with E-state index in [2.05, 4.69) is 0 Å². The number of thiocarbonyl (C=S) groups is 1. The molecule has 0 bridgehead atoms. The molecule has 104 valence electrons. The third-order valence-corrected chi connectivity index (χ3v) is 3.15. The second-order valence-electron chi connectivity index (χ2n) is 4.37. The van der Waals surface area contributed by atoms with E-state index in [9.17, 15) is 8.78 Å².